The van der Waals surface area contributed by atoms with E-state index in [4.69, 9.17) is 0 Å². The first kappa shape index (κ1) is 22.8. The number of piperidine rings is 1. The molecule has 1 N–H and O–H groups in total. The Bertz CT molecular complexity index is 734. The van der Waals surface area contributed by atoms with E-state index in [0.29, 0.717) is 19.6 Å². The molecular formula is C19H31N3O4S2. The average molecular weight is 430 g/mol. The highest BCUT2D eigenvalue weighted by Gasteiger charge is 2.31. The quantitative estimate of drug-likeness (QED) is 0.578. The molecule has 1 aliphatic rings. The normalized spacial score (nSPS) is 17.7. The number of sulfonamides is 1. The van der Waals surface area contributed by atoms with E-state index in [-0.39, 0.29) is 28.5 Å². The number of hydrogen-bond donors (Lipinski definition) is 1. The van der Waals surface area contributed by atoms with Crippen molar-refractivity contribution in [1.29, 1.82) is 0 Å². The molecule has 1 aromatic heterocycles. The van der Waals surface area contributed by atoms with Gasteiger partial charge in [0.05, 0.1) is 12.5 Å². The van der Waals surface area contributed by atoms with Crippen molar-refractivity contribution in [2.24, 2.45) is 5.92 Å². The standard InChI is InChI=1S/C19H31N3O4S2/c1-3-4-5-6-11-20-19(24)16-9-7-12-22(14-16)17(23)15-21(2)28(25,26)18-10-8-13-27-18/h8,10,13,16H,3-7,9,11-12,14-15H2,1-2H3,(H,20,24). The van der Waals surface area contributed by atoms with Gasteiger partial charge in [-0.1, -0.05) is 32.3 Å². The van der Waals surface area contributed by atoms with E-state index in [0.717, 1.165) is 47.7 Å². The van der Waals surface area contributed by atoms with Crippen LogP contribution in [0.2, 0.25) is 0 Å². The van der Waals surface area contributed by atoms with Crippen molar-refractivity contribution >= 4 is 33.2 Å². The molecule has 2 amide bonds. The molecule has 158 valence electrons. The molecule has 0 aromatic carbocycles. The summed E-state index contributed by atoms with van der Waals surface area (Å²) in [5.41, 5.74) is 0. The maximum Gasteiger partial charge on any atom is 0.252 e. The van der Waals surface area contributed by atoms with Gasteiger partial charge in [0.1, 0.15) is 4.21 Å². The van der Waals surface area contributed by atoms with E-state index >= 15 is 0 Å². The molecule has 7 nitrogen and oxygen atoms in total. The predicted molar refractivity (Wildman–Crippen MR) is 111 cm³/mol. The van der Waals surface area contributed by atoms with Crippen LogP contribution in [0.4, 0.5) is 0 Å². The highest BCUT2D eigenvalue weighted by atomic mass is 32.2. The second-order valence-electron chi connectivity index (χ2n) is 7.22. The number of likely N-dealkylation sites (tertiary alicyclic amines) is 1. The lowest BCUT2D eigenvalue weighted by atomic mass is 9.97. The Morgan fingerprint density at radius 1 is 1.32 bits per heavy atom. The lowest BCUT2D eigenvalue weighted by Gasteiger charge is -2.33. The van der Waals surface area contributed by atoms with Crippen LogP contribution < -0.4 is 5.32 Å². The van der Waals surface area contributed by atoms with Crippen molar-refractivity contribution in [2.45, 2.75) is 49.7 Å². The van der Waals surface area contributed by atoms with Gasteiger partial charge in [0.2, 0.25) is 11.8 Å². The molecule has 2 rings (SSSR count). The summed E-state index contributed by atoms with van der Waals surface area (Å²) < 4.78 is 26.3. The summed E-state index contributed by atoms with van der Waals surface area (Å²) in [5, 5.41) is 4.67. The van der Waals surface area contributed by atoms with Gasteiger partial charge in [0.25, 0.3) is 10.0 Å². The molecule has 1 aliphatic heterocycles. The van der Waals surface area contributed by atoms with E-state index in [9.17, 15) is 18.0 Å². The zero-order valence-corrected chi connectivity index (χ0v) is 18.4. The number of hydrogen-bond acceptors (Lipinski definition) is 5. The molecule has 9 heteroatoms. The van der Waals surface area contributed by atoms with Crippen LogP contribution >= 0.6 is 11.3 Å². The summed E-state index contributed by atoms with van der Waals surface area (Å²) >= 11 is 1.13. The molecule has 0 spiro atoms. The molecule has 1 saturated heterocycles. The van der Waals surface area contributed by atoms with E-state index in [1.165, 1.54) is 19.5 Å². The van der Waals surface area contributed by atoms with Crippen molar-refractivity contribution in [2.75, 3.05) is 33.2 Å². The number of carbonyl (C=O) groups is 2. The molecule has 0 aliphatic carbocycles. The number of unbranched alkanes of at least 4 members (excludes halogenated alkanes) is 3. The fraction of sp³-hybridized carbons (Fsp3) is 0.684. The van der Waals surface area contributed by atoms with Crippen molar-refractivity contribution < 1.29 is 18.0 Å². The van der Waals surface area contributed by atoms with Crippen molar-refractivity contribution in [1.82, 2.24) is 14.5 Å². The number of likely N-dealkylation sites (N-methyl/N-ethyl adjacent to an activating group) is 1. The molecular weight excluding hydrogens is 398 g/mol. The Hall–Kier alpha value is -1.45. The van der Waals surface area contributed by atoms with Crippen LogP contribution in [0.1, 0.15) is 45.4 Å². The highest BCUT2D eigenvalue weighted by Crippen LogP contribution is 2.21. The Morgan fingerprint density at radius 2 is 2.11 bits per heavy atom. The first-order valence-corrected chi connectivity index (χ1v) is 12.2. The molecule has 0 saturated carbocycles. The van der Waals surface area contributed by atoms with E-state index in [2.05, 4.69) is 12.2 Å². The lowest BCUT2D eigenvalue weighted by Crippen LogP contribution is -2.48. The van der Waals surface area contributed by atoms with Crippen LogP contribution in [-0.4, -0.2) is 62.7 Å². The topological polar surface area (TPSA) is 86.8 Å². The first-order chi connectivity index (χ1) is 13.4. The third kappa shape index (κ3) is 6.28. The third-order valence-corrected chi connectivity index (χ3v) is 8.17. The van der Waals surface area contributed by atoms with Crippen molar-refractivity contribution in [3.8, 4) is 0 Å². The van der Waals surface area contributed by atoms with Crippen LogP contribution in [0.5, 0.6) is 0 Å². The molecule has 0 radical (unpaired) electrons. The van der Waals surface area contributed by atoms with Gasteiger partial charge in [-0.15, -0.1) is 11.3 Å². The summed E-state index contributed by atoms with van der Waals surface area (Å²) in [6.45, 7) is 3.52. The molecule has 1 aromatic rings. The number of nitrogens with zero attached hydrogens (tertiary/aromatic N) is 2. The van der Waals surface area contributed by atoms with Crippen LogP contribution in [0.15, 0.2) is 21.7 Å². The lowest BCUT2D eigenvalue weighted by molar-refractivity contribution is -0.135. The first-order valence-electron chi connectivity index (χ1n) is 9.91. The van der Waals surface area contributed by atoms with Gasteiger partial charge in [-0.2, -0.15) is 4.31 Å². The number of nitrogens with one attached hydrogen (secondary N) is 1. The predicted octanol–water partition coefficient (Wildman–Crippen LogP) is 2.30. The van der Waals surface area contributed by atoms with E-state index in [1.54, 1.807) is 16.3 Å². The van der Waals surface area contributed by atoms with Crippen LogP contribution in [-0.2, 0) is 19.6 Å². The Labute approximate surface area is 172 Å². The van der Waals surface area contributed by atoms with Gasteiger partial charge in [-0.25, -0.2) is 8.42 Å². The maximum atomic E-state index is 12.6. The molecule has 28 heavy (non-hydrogen) atoms. The minimum absolute atomic E-state index is 0.00596. The van der Waals surface area contributed by atoms with Gasteiger partial charge in [0, 0.05) is 26.7 Å². The fourth-order valence-corrected chi connectivity index (χ4v) is 5.59. The summed E-state index contributed by atoms with van der Waals surface area (Å²) in [6, 6.07) is 3.20. The number of carbonyl (C=O) groups excluding carboxylic acids is 2. The Balaban J connectivity index is 1.84. The Kier molecular flexibility index (Phi) is 8.91. The second-order valence-corrected chi connectivity index (χ2v) is 10.4. The average Bonchev–Trinajstić information content (AvgIpc) is 3.23. The van der Waals surface area contributed by atoms with Gasteiger partial charge < -0.3 is 10.2 Å². The highest BCUT2D eigenvalue weighted by molar-refractivity contribution is 7.91. The molecule has 1 atom stereocenters. The van der Waals surface area contributed by atoms with Crippen LogP contribution in [0.25, 0.3) is 0 Å². The number of amides is 2. The van der Waals surface area contributed by atoms with Gasteiger partial charge in [-0.3, -0.25) is 9.59 Å². The minimum atomic E-state index is -3.65. The van der Waals surface area contributed by atoms with Gasteiger partial charge in [-0.05, 0) is 30.7 Å². The molecule has 0 bridgehead atoms. The van der Waals surface area contributed by atoms with Crippen molar-refractivity contribution in [3.05, 3.63) is 17.5 Å². The molecule has 1 fully saturated rings. The smallest absolute Gasteiger partial charge is 0.252 e. The Morgan fingerprint density at radius 3 is 2.79 bits per heavy atom. The zero-order chi connectivity index (χ0) is 20.6. The van der Waals surface area contributed by atoms with E-state index < -0.39 is 10.0 Å². The van der Waals surface area contributed by atoms with E-state index in [1.807, 2.05) is 0 Å². The SMILES string of the molecule is CCCCCCNC(=O)C1CCCN(C(=O)CN(C)S(=O)(=O)c2cccs2)C1. The number of thiophene rings is 1. The number of rotatable bonds is 10. The van der Waals surface area contributed by atoms with Crippen molar-refractivity contribution in [3.63, 3.8) is 0 Å². The molecule has 1 unspecified atom stereocenters. The zero-order valence-electron chi connectivity index (χ0n) is 16.7. The van der Waals surface area contributed by atoms with Gasteiger partial charge >= 0.3 is 0 Å². The summed E-state index contributed by atoms with van der Waals surface area (Å²) in [4.78, 5) is 26.6. The van der Waals surface area contributed by atoms with Crippen LogP contribution in [0.3, 0.4) is 0 Å². The van der Waals surface area contributed by atoms with Crippen LogP contribution in [0, 0.1) is 5.92 Å². The summed E-state index contributed by atoms with van der Waals surface area (Å²) in [5.74, 6) is -0.486. The summed E-state index contributed by atoms with van der Waals surface area (Å²) in [6.07, 6.45) is 5.92. The van der Waals surface area contributed by atoms with Gasteiger partial charge in [0.15, 0.2) is 0 Å². The third-order valence-electron chi connectivity index (χ3n) is 4.99. The fourth-order valence-electron chi connectivity index (χ4n) is 3.26. The maximum absolute atomic E-state index is 12.6. The largest absolute Gasteiger partial charge is 0.356 e. The minimum Gasteiger partial charge on any atom is -0.356 e. The molecule has 2 heterocycles. The monoisotopic (exact) mass is 429 g/mol. The second kappa shape index (κ2) is 10.9. The summed E-state index contributed by atoms with van der Waals surface area (Å²) in [7, 11) is -2.24.